The van der Waals surface area contributed by atoms with E-state index in [1.165, 1.54) is 54.7 Å². The Morgan fingerprint density at radius 2 is 1.32 bits per heavy atom. The first-order valence-electron chi connectivity index (χ1n) is 11.4. The number of phenolic OH excluding ortho intramolecular Hbond substituents is 1. The highest BCUT2D eigenvalue weighted by atomic mass is 32.2. The van der Waals surface area contributed by atoms with Gasteiger partial charge in [0, 0.05) is 16.1 Å². The number of unbranched alkanes of at least 4 members (excludes halogenated alkanes) is 2. The van der Waals surface area contributed by atoms with Crippen LogP contribution in [0.2, 0.25) is 0 Å². The maximum atomic E-state index is 10.9. The van der Waals surface area contributed by atoms with Crippen molar-refractivity contribution in [3.8, 4) is 5.75 Å². The molecule has 0 heterocycles. The predicted molar refractivity (Wildman–Crippen MR) is 132 cm³/mol. The van der Waals surface area contributed by atoms with Crippen LogP contribution in [0.3, 0.4) is 0 Å². The van der Waals surface area contributed by atoms with Crippen LogP contribution in [0.1, 0.15) is 107 Å². The summed E-state index contributed by atoms with van der Waals surface area (Å²) >= 11 is 4.15. The molecule has 2 unspecified atom stereocenters. The standard InChI is InChI=1S/C25H44OS2/c1-8-10-12-27-23(14-18(3)4)21-16-20(7)25(26)22(17-21)24(15-19(5)6)28-13-11-9-2/h16-19,23-24,26H,8-15H2,1-7H3. The summed E-state index contributed by atoms with van der Waals surface area (Å²) in [5.41, 5.74) is 3.64. The highest BCUT2D eigenvalue weighted by Gasteiger charge is 2.22. The van der Waals surface area contributed by atoms with Gasteiger partial charge in [-0.1, -0.05) is 60.5 Å². The molecule has 0 aliphatic rings. The lowest BCUT2D eigenvalue weighted by molar-refractivity contribution is 0.457. The first-order chi connectivity index (χ1) is 13.3. The van der Waals surface area contributed by atoms with Crippen LogP contribution in [0.4, 0.5) is 0 Å². The van der Waals surface area contributed by atoms with Gasteiger partial charge in [0.1, 0.15) is 5.75 Å². The van der Waals surface area contributed by atoms with Crippen molar-refractivity contribution in [3.63, 3.8) is 0 Å². The molecular formula is C25H44OS2. The van der Waals surface area contributed by atoms with Crippen molar-refractivity contribution in [2.75, 3.05) is 11.5 Å². The molecule has 0 saturated carbocycles. The zero-order chi connectivity index (χ0) is 21.1. The summed E-state index contributed by atoms with van der Waals surface area (Å²) in [6.45, 7) is 15.8. The molecule has 1 aromatic rings. The lowest BCUT2D eigenvalue weighted by Gasteiger charge is -2.25. The molecule has 28 heavy (non-hydrogen) atoms. The van der Waals surface area contributed by atoms with Crippen molar-refractivity contribution in [3.05, 3.63) is 28.8 Å². The molecule has 0 fully saturated rings. The third kappa shape index (κ3) is 9.03. The van der Waals surface area contributed by atoms with E-state index in [9.17, 15) is 5.11 Å². The maximum Gasteiger partial charge on any atom is 0.122 e. The van der Waals surface area contributed by atoms with Gasteiger partial charge >= 0.3 is 0 Å². The molecule has 1 aromatic carbocycles. The lowest BCUT2D eigenvalue weighted by Crippen LogP contribution is -2.06. The summed E-state index contributed by atoms with van der Waals surface area (Å²) in [6.07, 6.45) is 7.36. The number of thioether (sulfide) groups is 2. The second-order valence-electron chi connectivity index (χ2n) is 8.96. The molecule has 3 heteroatoms. The van der Waals surface area contributed by atoms with Crippen molar-refractivity contribution in [1.29, 1.82) is 0 Å². The summed E-state index contributed by atoms with van der Waals surface area (Å²) in [4.78, 5) is 0. The number of aromatic hydroxyl groups is 1. The van der Waals surface area contributed by atoms with E-state index in [1.807, 2.05) is 11.8 Å². The number of aryl methyl sites for hydroxylation is 1. The molecule has 0 aliphatic carbocycles. The van der Waals surface area contributed by atoms with E-state index < -0.39 is 0 Å². The second-order valence-corrected chi connectivity index (χ2v) is 11.6. The van der Waals surface area contributed by atoms with Crippen LogP contribution in [0, 0.1) is 18.8 Å². The zero-order valence-electron chi connectivity index (χ0n) is 19.4. The van der Waals surface area contributed by atoms with Gasteiger partial charge < -0.3 is 5.11 Å². The van der Waals surface area contributed by atoms with Crippen LogP contribution >= 0.6 is 23.5 Å². The summed E-state index contributed by atoms with van der Waals surface area (Å²) in [7, 11) is 0. The van der Waals surface area contributed by atoms with E-state index in [-0.39, 0.29) is 0 Å². The molecule has 0 radical (unpaired) electrons. The Morgan fingerprint density at radius 1 is 0.821 bits per heavy atom. The molecule has 1 N–H and O–H groups in total. The molecular weight excluding hydrogens is 380 g/mol. The second kappa shape index (κ2) is 13.9. The quantitative estimate of drug-likeness (QED) is 0.301. The average Bonchev–Trinajstić information content (AvgIpc) is 2.62. The maximum absolute atomic E-state index is 10.9. The highest BCUT2D eigenvalue weighted by molar-refractivity contribution is 7.99. The number of hydrogen-bond acceptors (Lipinski definition) is 3. The Labute approximate surface area is 183 Å². The minimum Gasteiger partial charge on any atom is -0.507 e. The van der Waals surface area contributed by atoms with Gasteiger partial charge in [0.05, 0.1) is 0 Å². The predicted octanol–water partition coefficient (Wildman–Crippen LogP) is 8.94. The largest absolute Gasteiger partial charge is 0.507 e. The lowest BCUT2D eigenvalue weighted by atomic mass is 9.94. The number of hydrogen-bond donors (Lipinski definition) is 1. The van der Waals surface area contributed by atoms with Gasteiger partial charge in [0.15, 0.2) is 0 Å². The number of rotatable bonds is 14. The third-order valence-corrected chi connectivity index (χ3v) is 7.84. The fourth-order valence-corrected chi connectivity index (χ4v) is 6.66. The Morgan fingerprint density at radius 3 is 1.82 bits per heavy atom. The van der Waals surface area contributed by atoms with E-state index in [0.29, 0.717) is 28.1 Å². The summed E-state index contributed by atoms with van der Waals surface area (Å²) in [5.74, 6) is 4.25. The van der Waals surface area contributed by atoms with Gasteiger partial charge in [-0.3, -0.25) is 0 Å². The Hall–Kier alpha value is -0.280. The average molecular weight is 425 g/mol. The van der Waals surface area contributed by atoms with Gasteiger partial charge in [0.2, 0.25) is 0 Å². The molecule has 0 aromatic heterocycles. The van der Waals surface area contributed by atoms with Crippen molar-refractivity contribution >= 4 is 23.5 Å². The summed E-state index contributed by atoms with van der Waals surface area (Å²) < 4.78 is 0. The van der Waals surface area contributed by atoms with E-state index >= 15 is 0 Å². The Kier molecular flexibility index (Phi) is 12.7. The molecule has 0 saturated heterocycles. The molecule has 1 nitrogen and oxygen atoms in total. The Bertz CT molecular complexity index is 554. The minimum absolute atomic E-state index is 0.394. The van der Waals surface area contributed by atoms with Crippen molar-refractivity contribution in [1.82, 2.24) is 0 Å². The molecule has 2 atom stereocenters. The van der Waals surface area contributed by atoms with Crippen LogP contribution < -0.4 is 0 Å². The SMILES string of the molecule is CCCCSC(CC(C)C)c1cc(C)c(O)c(C(CC(C)C)SCCCC)c1. The van der Waals surface area contributed by atoms with Crippen molar-refractivity contribution in [2.24, 2.45) is 11.8 Å². The van der Waals surface area contributed by atoms with Crippen LogP contribution in [0.15, 0.2) is 12.1 Å². The van der Waals surface area contributed by atoms with Crippen LogP contribution in [-0.2, 0) is 0 Å². The smallest absolute Gasteiger partial charge is 0.122 e. The third-order valence-electron chi connectivity index (χ3n) is 5.08. The minimum atomic E-state index is 0.394. The van der Waals surface area contributed by atoms with E-state index in [0.717, 1.165) is 12.0 Å². The fraction of sp³-hybridized carbons (Fsp3) is 0.760. The topological polar surface area (TPSA) is 20.2 Å². The molecule has 0 spiro atoms. The fourth-order valence-electron chi connectivity index (χ4n) is 3.45. The number of benzene rings is 1. The van der Waals surface area contributed by atoms with Crippen molar-refractivity contribution in [2.45, 2.75) is 97.5 Å². The van der Waals surface area contributed by atoms with E-state index in [2.05, 4.69) is 72.4 Å². The monoisotopic (exact) mass is 424 g/mol. The van der Waals surface area contributed by atoms with Gasteiger partial charge in [0.25, 0.3) is 0 Å². The Balaban J connectivity index is 3.20. The number of phenols is 1. The molecule has 1 rings (SSSR count). The first kappa shape index (κ1) is 25.8. The van der Waals surface area contributed by atoms with Gasteiger partial charge in [-0.25, -0.2) is 0 Å². The van der Waals surface area contributed by atoms with Crippen molar-refractivity contribution < 1.29 is 5.11 Å². The van der Waals surface area contributed by atoms with Gasteiger partial charge in [-0.05, 0) is 73.1 Å². The highest BCUT2D eigenvalue weighted by Crippen LogP contribution is 2.44. The summed E-state index contributed by atoms with van der Waals surface area (Å²) in [5, 5.41) is 11.8. The van der Waals surface area contributed by atoms with E-state index in [1.54, 1.807) is 0 Å². The van der Waals surface area contributed by atoms with Crippen LogP contribution in [0.5, 0.6) is 5.75 Å². The molecule has 0 aliphatic heterocycles. The molecule has 162 valence electrons. The molecule has 0 bridgehead atoms. The van der Waals surface area contributed by atoms with Crippen LogP contribution in [-0.4, -0.2) is 16.6 Å². The van der Waals surface area contributed by atoms with Gasteiger partial charge in [-0.2, -0.15) is 23.5 Å². The van der Waals surface area contributed by atoms with E-state index in [4.69, 9.17) is 0 Å². The summed E-state index contributed by atoms with van der Waals surface area (Å²) in [6, 6.07) is 4.59. The molecule has 0 amide bonds. The van der Waals surface area contributed by atoms with Crippen LogP contribution in [0.25, 0.3) is 0 Å². The first-order valence-corrected chi connectivity index (χ1v) is 13.5. The normalized spacial score (nSPS) is 14.0. The zero-order valence-corrected chi connectivity index (χ0v) is 21.0. The van der Waals surface area contributed by atoms with Gasteiger partial charge in [-0.15, -0.1) is 0 Å².